The lowest BCUT2D eigenvalue weighted by molar-refractivity contribution is 0.0953. The molecule has 1 amide bonds. The number of aryl methyl sites for hydroxylation is 2. The van der Waals surface area contributed by atoms with Gasteiger partial charge in [0.05, 0.1) is 11.0 Å². The van der Waals surface area contributed by atoms with E-state index >= 15 is 0 Å². The number of nitrogens with zero attached hydrogens (tertiary/aromatic N) is 2. The third-order valence-corrected chi connectivity index (χ3v) is 6.13. The third-order valence-electron chi connectivity index (χ3n) is 5.64. The van der Waals surface area contributed by atoms with Gasteiger partial charge in [-0.1, -0.05) is 64.3 Å². The Morgan fingerprint density at radius 2 is 1.78 bits per heavy atom. The molecule has 3 aromatic carbocycles. The Labute approximate surface area is 197 Å². The Morgan fingerprint density at radius 3 is 2.59 bits per heavy atom. The fraction of sp³-hybridized carbons (Fsp3) is 0.259. The fourth-order valence-electron chi connectivity index (χ4n) is 3.90. The molecular formula is C27H28BrN3O. The number of rotatable bonds is 9. The summed E-state index contributed by atoms with van der Waals surface area (Å²) in [5, 5.41) is 3.02. The van der Waals surface area contributed by atoms with Crippen molar-refractivity contribution in [1.29, 1.82) is 0 Å². The molecule has 0 aliphatic rings. The van der Waals surface area contributed by atoms with Gasteiger partial charge in [-0.3, -0.25) is 4.79 Å². The number of imidazole rings is 1. The first-order valence-electron chi connectivity index (χ1n) is 11.1. The molecule has 0 spiro atoms. The zero-order chi connectivity index (χ0) is 22.3. The van der Waals surface area contributed by atoms with Crippen LogP contribution in [0.4, 0.5) is 0 Å². The van der Waals surface area contributed by atoms with Crippen LogP contribution in [0, 0.1) is 6.92 Å². The van der Waals surface area contributed by atoms with Gasteiger partial charge in [0.15, 0.2) is 0 Å². The second-order valence-corrected chi connectivity index (χ2v) is 9.08. The Balaban J connectivity index is 1.32. The first-order valence-corrected chi connectivity index (χ1v) is 11.9. The Hall–Kier alpha value is -2.92. The number of fused-ring (bicyclic) bond motifs is 1. The Bertz CT molecular complexity index is 1200. The van der Waals surface area contributed by atoms with E-state index in [1.807, 2.05) is 43.3 Å². The van der Waals surface area contributed by atoms with Gasteiger partial charge < -0.3 is 9.88 Å². The highest BCUT2D eigenvalue weighted by Crippen LogP contribution is 2.21. The van der Waals surface area contributed by atoms with Gasteiger partial charge in [-0.2, -0.15) is 0 Å². The number of halogens is 1. The molecule has 0 unspecified atom stereocenters. The van der Waals surface area contributed by atoms with Crippen LogP contribution in [0.2, 0.25) is 0 Å². The highest BCUT2D eigenvalue weighted by atomic mass is 79.9. The second kappa shape index (κ2) is 10.6. The lowest BCUT2D eigenvalue weighted by Gasteiger charge is -2.10. The summed E-state index contributed by atoms with van der Waals surface area (Å²) in [6, 6.07) is 24.5. The second-order valence-electron chi connectivity index (χ2n) is 8.17. The topological polar surface area (TPSA) is 46.9 Å². The van der Waals surface area contributed by atoms with Crippen molar-refractivity contribution in [3.05, 3.63) is 99.8 Å². The van der Waals surface area contributed by atoms with Crippen molar-refractivity contribution in [2.75, 3.05) is 6.54 Å². The number of benzene rings is 3. The fourth-order valence-corrected chi connectivity index (χ4v) is 4.35. The Morgan fingerprint density at radius 1 is 0.969 bits per heavy atom. The van der Waals surface area contributed by atoms with Crippen LogP contribution in [-0.4, -0.2) is 22.0 Å². The largest absolute Gasteiger partial charge is 0.352 e. The lowest BCUT2D eigenvalue weighted by atomic mass is 10.1. The van der Waals surface area contributed by atoms with Crippen LogP contribution in [0.25, 0.3) is 11.0 Å². The van der Waals surface area contributed by atoms with E-state index in [1.54, 1.807) is 0 Å². The summed E-state index contributed by atoms with van der Waals surface area (Å²) in [5.74, 6) is 1.12. The molecule has 32 heavy (non-hydrogen) atoms. The smallest absolute Gasteiger partial charge is 0.251 e. The van der Waals surface area contributed by atoms with Gasteiger partial charge in [0.2, 0.25) is 0 Å². The standard InChI is InChI=1S/C27H28BrN3O/c1-20-13-15-22(16-14-20)27(32)29-17-6-2-3-12-26-30-24-10-4-5-11-25(24)31(26)19-21-8-7-9-23(28)18-21/h4-5,7-11,13-16,18H,2-3,6,12,17,19H2,1H3,(H,29,32). The van der Waals surface area contributed by atoms with E-state index in [9.17, 15) is 4.79 Å². The molecule has 4 nitrogen and oxygen atoms in total. The number of carbonyl (C=O) groups is 1. The summed E-state index contributed by atoms with van der Waals surface area (Å²) in [5.41, 5.74) is 5.35. The summed E-state index contributed by atoms with van der Waals surface area (Å²) < 4.78 is 3.42. The average Bonchev–Trinajstić information content (AvgIpc) is 3.14. The number of hydrogen-bond acceptors (Lipinski definition) is 2. The molecule has 1 heterocycles. The predicted octanol–water partition coefficient (Wildman–Crippen LogP) is 6.30. The number of amides is 1. The minimum Gasteiger partial charge on any atom is -0.352 e. The van der Waals surface area contributed by atoms with Crippen LogP contribution in [0.5, 0.6) is 0 Å². The predicted molar refractivity (Wildman–Crippen MR) is 134 cm³/mol. The van der Waals surface area contributed by atoms with Gasteiger partial charge in [-0.25, -0.2) is 4.98 Å². The molecule has 0 aliphatic heterocycles. The summed E-state index contributed by atoms with van der Waals surface area (Å²) >= 11 is 3.57. The molecule has 0 atom stereocenters. The van der Waals surface area contributed by atoms with E-state index in [0.29, 0.717) is 6.54 Å². The van der Waals surface area contributed by atoms with E-state index in [1.165, 1.54) is 11.1 Å². The minimum atomic E-state index is 0.000754. The zero-order valence-electron chi connectivity index (χ0n) is 18.4. The molecule has 0 radical (unpaired) electrons. The van der Waals surface area contributed by atoms with E-state index in [4.69, 9.17) is 4.98 Å². The zero-order valence-corrected chi connectivity index (χ0v) is 19.9. The van der Waals surface area contributed by atoms with Gasteiger partial charge >= 0.3 is 0 Å². The maximum Gasteiger partial charge on any atom is 0.251 e. The maximum atomic E-state index is 12.2. The molecular weight excluding hydrogens is 462 g/mol. The first-order chi connectivity index (χ1) is 15.6. The lowest BCUT2D eigenvalue weighted by Crippen LogP contribution is -2.24. The number of aromatic nitrogens is 2. The van der Waals surface area contributed by atoms with Crippen LogP contribution in [0.1, 0.15) is 46.6 Å². The van der Waals surface area contributed by atoms with Crippen LogP contribution < -0.4 is 5.32 Å². The Kier molecular flexibility index (Phi) is 7.38. The number of unbranched alkanes of at least 4 members (excludes halogenated alkanes) is 2. The van der Waals surface area contributed by atoms with Crippen molar-refractivity contribution in [3.63, 3.8) is 0 Å². The van der Waals surface area contributed by atoms with Gasteiger partial charge in [0, 0.05) is 29.5 Å². The van der Waals surface area contributed by atoms with Crippen molar-refractivity contribution >= 4 is 32.9 Å². The maximum absolute atomic E-state index is 12.2. The van der Waals surface area contributed by atoms with Crippen LogP contribution in [-0.2, 0) is 13.0 Å². The van der Waals surface area contributed by atoms with Crippen molar-refractivity contribution in [3.8, 4) is 0 Å². The third kappa shape index (κ3) is 5.65. The molecule has 0 fully saturated rings. The van der Waals surface area contributed by atoms with Crippen LogP contribution >= 0.6 is 15.9 Å². The highest BCUT2D eigenvalue weighted by molar-refractivity contribution is 9.10. The molecule has 0 saturated heterocycles. The van der Waals surface area contributed by atoms with E-state index in [-0.39, 0.29) is 5.91 Å². The van der Waals surface area contributed by atoms with Crippen molar-refractivity contribution in [2.24, 2.45) is 0 Å². The molecule has 1 aromatic heterocycles. The normalized spacial score (nSPS) is 11.1. The molecule has 0 saturated carbocycles. The molecule has 164 valence electrons. The summed E-state index contributed by atoms with van der Waals surface area (Å²) in [6.07, 6.45) is 3.98. The highest BCUT2D eigenvalue weighted by Gasteiger charge is 2.11. The molecule has 1 N–H and O–H groups in total. The average molecular weight is 490 g/mol. The summed E-state index contributed by atoms with van der Waals surface area (Å²) in [4.78, 5) is 17.1. The van der Waals surface area contributed by atoms with Gasteiger partial charge in [0.1, 0.15) is 5.82 Å². The van der Waals surface area contributed by atoms with Gasteiger partial charge in [0.25, 0.3) is 5.91 Å². The van der Waals surface area contributed by atoms with Crippen molar-refractivity contribution < 1.29 is 4.79 Å². The van der Waals surface area contributed by atoms with E-state index < -0.39 is 0 Å². The van der Waals surface area contributed by atoms with Gasteiger partial charge in [-0.15, -0.1) is 0 Å². The number of nitrogens with one attached hydrogen (secondary N) is 1. The molecule has 0 aliphatic carbocycles. The van der Waals surface area contributed by atoms with Crippen LogP contribution in [0.3, 0.4) is 0 Å². The molecule has 0 bridgehead atoms. The quantitative estimate of drug-likeness (QED) is 0.280. The number of hydrogen-bond donors (Lipinski definition) is 1. The van der Waals surface area contributed by atoms with E-state index in [0.717, 1.165) is 59.2 Å². The molecule has 5 heteroatoms. The SMILES string of the molecule is Cc1ccc(C(=O)NCCCCCc2nc3ccccc3n2Cc2cccc(Br)c2)cc1. The number of para-hydroxylation sites is 2. The van der Waals surface area contributed by atoms with E-state index in [2.05, 4.69) is 62.2 Å². The summed E-state index contributed by atoms with van der Waals surface area (Å²) in [6.45, 7) is 3.53. The van der Waals surface area contributed by atoms with Gasteiger partial charge in [-0.05, 0) is 61.7 Å². The first kappa shape index (κ1) is 22.3. The molecule has 4 aromatic rings. The number of carbonyl (C=O) groups excluding carboxylic acids is 1. The van der Waals surface area contributed by atoms with Crippen LogP contribution in [0.15, 0.2) is 77.3 Å². The minimum absolute atomic E-state index is 0.000754. The van der Waals surface area contributed by atoms with Crippen molar-refractivity contribution in [1.82, 2.24) is 14.9 Å². The van der Waals surface area contributed by atoms with Crippen molar-refractivity contribution in [2.45, 2.75) is 39.2 Å². The summed E-state index contributed by atoms with van der Waals surface area (Å²) in [7, 11) is 0. The molecule has 4 rings (SSSR count). The monoisotopic (exact) mass is 489 g/mol.